The standard InChI is InChI=1S/C55H75N7O7/c1-14-41(49(56-15-2)36(6)67-13)50-43-30-54(7,8)34-69-53(66)45-21-18-26-62(58-45)52(65)46(28-37-19-17-20-38(27-37)39-22-23-47(42(43)29-39)61(50)16-3)57-51(64)44(35(4)5)33-68-40-31-60(32-40)48(63)24-25-55(9,10)59(11)12/h14-15,17,19-20,22-23,27,29,35-36,40,44-46,58H,1,16,18,21,26,28,30-34H2,2-13H3,(H,57,64)/b49-41+,56-15-/t36-,44?,45-,46-/m0/s1. The van der Waals surface area contributed by atoms with Crippen LogP contribution in [0.5, 0.6) is 0 Å². The zero-order valence-electron chi connectivity index (χ0n) is 43.0. The summed E-state index contributed by atoms with van der Waals surface area (Å²) >= 11 is 0. The van der Waals surface area contributed by atoms with Crippen LogP contribution in [0.25, 0.3) is 27.6 Å². The molecule has 14 nitrogen and oxygen atoms in total. The summed E-state index contributed by atoms with van der Waals surface area (Å²) in [5.74, 6) is 3.77. The number of benzene rings is 2. The molecule has 2 fully saturated rings. The maximum atomic E-state index is 14.7. The average Bonchev–Trinajstić information content (AvgIpc) is 3.60. The lowest BCUT2D eigenvalue weighted by Gasteiger charge is -2.39. The summed E-state index contributed by atoms with van der Waals surface area (Å²) in [4.78, 5) is 64.2. The minimum Gasteiger partial charge on any atom is -0.464 e. The summed E-state index contributed by atoms with van der Waals surface area (Å²) in [6.07, 6.45) is 4.92. The van der Waals surface area contributed by atoms with Crippen LogP contribution < -0.4 is 10.7 Å². The number of esters is 1. The van der Waals surface area contributed by atoms with Crippen LogP contribution in [0.15, 0.2) is 65.8 Å². The number of rotatable bonds is 13. The van der Waals surface area contributed by atoms with E-state index in [0.29, 0.717) is 45.4 Å². The number of aryl methyl sites for hydroxylation is 1. The van der Waals surface area contributed by atoms with E-state index in [0.717, 1.165) is 50.1 Å². The van der Waals surface area contributed by atoms with Crippen LogP contribution in [0, 0.1) is 29.1 Å². The smallest absolute Gasteiger partial charge is 0.324 e. The van der Waals surface area contributed by atoms with E-state index in [4.69, 9.17) is 19.2 Å². The molecule has 3 aliphatic heterocycles. The van der Waals surface area contributed by atoms with Crippen LogP contribution in [-0.4, -0.2) is 133 Å². The maximum Gasteiger partial charge on any atom is 0.324 e. The molecule has 1 aromatic heterocycles. The summed E-state index contributed by atoms with van der Waals surface area (Å²) < 4.78 is 20.5. The number of nitrogens with one attached hydrogen (secondary N) is 2. The number of ether oxygens (including phenoxy) is 3. The van der Waals surface area contributed by atoms with Gasteiger partial charge in [-0.2, -0.15) is 0 Å². The number of hydrogen-bond acceptors (Lipinski definition) is 10. The summed E-state index contributed by atoms with van der Waals surface area (Å²) in [7, 11) is 5.52. The third-order valence-corrected chi connectivity index (χ3v) is 13.9. The minimum atomic E-state index is -0.968. The van der Waals surface area contributed by atoms with Crippen molar-refractivity contribution in [1.29, 1.82) is 0 Å². The minimum absolute atomic E-state index is 0.118. The molecule has 2 aromatic carbocycles. The predicted molar refractivity (Wildman–Crippen MR) is 273 cm³/mol. The zero-order valence-corrected chi connectivity index (χ0v) is 43.0. The van der Waals surface area contributed by atoms with Crippen molar-refractivity contribution < 1.29 is 33.4 Å². The highest BCUT2D eigenvalue weighted by Crippen LogP contribution is 2.40. The Morgan fingerprint density at radius 2 is 1.84 bits per heavy atom. The number of hydrogen-bond donors (Lipinski definition) is 2. The SMILES string of the molecule is C=C/C(=C(\N=C/C)[C@H](C)OC)c1c2c3cc(ccc3n1CC)-c1cccc(c1)C[C@H](NC(=O)C(COC1CN(C(=O)C#CC(C)(C)N(C)C)C1)C(C)C)C(=O)N1CCC[C@H](N1)C(=O)OCC(C)(C)C2. The molecule has 6 rings (SSSR count). The van der Waals surface area contributed by atoms with Gasteiger partial charge in [0.1, 0.15) is 12.1 Å². The zero-order chi connectivity index (χ0) is 50.4. The number of aromatic nitrogens is 1. The maximum absolute atomic E-state index is 14.7. The van der Waals surface area contributed by atoms with Crippen LogP contribution in [0.4, 0.5) is 0 Å². The molecule has 69 heavy (non-hydrogen) atoms. The first-order valence-corrected chi connectivity index (χ1v) is 24.5. The fourth-order valence-electron chi connectivity index (χ4n) is 9.10. The number of carbonyl (C=O) groups is 4. The predicted octanol–water partition coefficient (Wildman–Crippen LogP) is 6.84. The summed E-state index contributed by atoms with van der Waals surface area (Å²) in [5.41, 5.74) is 9.80. The van der Waals surface area contributed by atoms with Gasteiger partial charge in [-0.1, -0.05) is 76.6 Å². The van der Waals surface area contributed by atoms with Gasteiger partial charge >= 0.3 is 5.97 Å². The molecule has 0 radical (unpaired) electrons. The highest BCUT2D eigenvalue weighted by Gasteiger charge is 2.38. The number of carbonyl (C=O) groups excluding carboxylic acids is 4. The van der Waals surface area contributed by atoms with Crippen LogP contribution in [0.1, 0.15) is 92.0 Å². The monoisotopic (exact) mass is 946 g/mol. The van der Waals surface area contributed by atoms with Gasteiger partial charge in [0.25, 0.3) is 11.8 Å². The molecule has 3 amide bonds. The van der Waals surface area contributed by atoms with Gasteiger partial charge in [0.05, 0.1) is 48.3 Å². The second-order valence-corrected chi connectivity index (χ2v) is 20.5. The van der Waals surface area contributed by atoms with Crippen molar-refractivity contribution >= 4 is 46.4 Å². The summed E-state index contributed by atoms with van der Waals surface area (Å²) in [6.45, 7) is 24.4. The van der Waals surface area contributed by atoms with Gasteiger partial charge in [-0.05, 0) is 114 Å². The molecule has 14 heteroatoms. The van der Waals surface area contributed by atoms with Crippen LogP contribution in [0.2, 0.25) is 0 Å². The van der Waals surface area contributed by atoms with Gasteiger partial charge in [0, 0.05) is 67.8 Å². The highest BCUT2D eigenvalue weighted by molar-refractivity contribution is 5.96. The van der Waals surface area contributed by atoms with E-state index in [9.17, 15) is 19.2 Å². The van der Waals surface area contributed by atoms with Crippen molar-refractivity contribution in [2.45, 2.75) is 124 Å². The number of fused-ring (bicyclic) bond motifs is 6. The average molecular weight is 946 g/mol. The van der Waals surface area contributed by atoms with Crippen LogP contribution in [-0.2, 0) is 52.8 Å². The number of amides is 3. The van der Waals surface area contributed by atoms with E-state index in [1.54, 1.807) is 18.2 Å². The third-order valence-electron chi connectivity index (χ3n) is 13.9. The molecule has 2 saturated heterocycles. The lowest BCUT2D eigenvalue weighted by atomic mass is 9.84. The van der Waals surface area contributed by atoms with Gasteiger partial charge in [-0.25, -0.2) is 5.43 Å². The van der Waals surface area contributed by atoms with Crippen molar-refractivity contribution in [2.75, 3.05) is 54.1 Å². The van der Waals surface area contributed by atoms with Crippen molar-refractivity contribution in [3.05, 3.63) is 77.6 Å². The number of hydrazine groups is 1. The van der Waals surface area contributed by atoms with Crippen LogP contribution in [0.3, 0.4) is 0 Å². The van der Waals surface area contributed by atoms with E-state index in [1.807, 2.05) is 78.7 Å². The van der Waals surface area contributed by atoms with E-state index in [2.05, 4.69) is 84.8 Å². The number of cyclic esters (lactones) is 1. The molecule has 0 spiro atoms. The summed E-state index contributed by atoms with van der Waals surface area (Å²) in [5, 5.41) is 5.66. The molecule has 1 unspecified atom stereocenters. The first kappa shape index (κ1) is 52.8. The Bertz CT molecular complexity index is 2520. The van der Waals surface area contributed by atoms with E-state index >= 15 is 0 Å². The molecule has 2 N–H and O–H groups in total. The van der Waals surface area contributed by atoms with E-state index < -0.39 is 34.9 Å². The fourth-order valence-corrected chi connectivity index (χ4v) is 9.10. The van der Waals surface area contributed by atoms with Crippen molar-refractivity contribution in [3.8, 4) is 23.0 Å². The van der Waals surface area contributed by atoms with Crippen molar-refractivity contribution in [2.24, 2.45) is 22.2 Å². The molecule has 0 saturated carbocycles. The molecular weight excluding hydrogens is 871 g/mol. The number of aliphatic imine (C=N–C) groups is 1. The Morgan fingerprint density at radius 3 is 2.49 bits per heavy atom. The molecule has 6 bridgehead atoms. The lowest BCUT2D eigenvalue weighted by molar-refractivity contribution is -0.155. The quantitative estimate of drug-likeness (QED) is 0.0814. The Labute approximate surface area is 409 Å². The molecular formula is C55H75N7O7. The third kappa shape index (κ3) is 12.2. The Hall–Kier alpha value is -5.59. The normalized spacial score (nSPS) is 20.4. The van der Waals surface area contributed by atoms with E-state index in [1.165, 1.54) is 5.01 Å². The molecule has 372 valence electrons. The lowest BCUT2D eigenvalue weighted by Crippen LogP contribution is -2.61. The van der Waals surface area contributed by atoms with Gasteiger partial charge in [0.2, 0.25) is 5.91 Å². The van der Waals surface area contributed by atoms with Crippen LogP contribution >= 0.6 is 0 Å². The van der Waals surface area contributed by atoms with Gasteiger partial charge in [-0.15, -0.1) is 0 Å². The number of allylic oxidation sites excluding steroid dienone is 2. The highest BCUT2D eigenvalue weighted by atomic mass is 16.5. The first-order valence-electron chi connectivity index (χ1n) is 24.5. The topological polar surface area (TPSA) is 147 Å². The summed E-state index contributed by atoms with van der Waals surface area (Å²) in [6, 6.07) is 12.9. The number of nitrogens with zero attached hydrogens (tertiary/aromatic N) is 5. The van der Waals surface area contributed by atoms with E-state index in [-0.39, 0.29) is 55.5 Å². The first-order chi connectivity index (χ1) is 32.7. The van der Waals surface area contributed by atoms with Crippen molar-refractivity contribution in [1.82, 2.24) is 30.1 Å². The Kier molecular flexibility index (Phi) is 17.2. The molecule has 3 aliphatic rings. The van der Waals surface area contributed by atoms with Gasteiger partial charge < -0.3 is 29.0 Å². The molecule has 3 aromatic rings. The second-order valence-electron chi connectivity index (χ2n) is 20.5. The largest absolute Gasteiger partial charge is 0.464 e. The van der Waals surface area contributed by atoms with Gasteiger partial charge in [0.15, 0.2) is 0 Å². The van der Waals surface area contributed by atoms with Crippen molar-refractivity contribution in [3.63, 3.8) is 0 Å². The number of methoxy groups -OCH3 is 1. The second kappa shape index (κ2) is 22.4. The molecule has 0 aliphatic carbocycles. The Balaban J connectivity index is 1.35. The number of likely N-dealkylation sites (tertiary alicyclic amines) is 1. The van der Waals surface area contributed by atoms with Gasteiger partial charge in [-0.3, -0.25) is 34.1 Å². The molecule has 4 atom stereocenters. The Morgan fingerprint density at radius 1 is 1.12 bits per heavy atom. The molecule has 4 heterocycles. The fraction of sp³-hybridized carbons (Fsp3) is 0.545.